The van der Waals surface area contributed by atoms with Gasteiger partial charge in [0.25, 0.3) is 0 Å². The second kappa shape index (κ2) is 4.29. The third-order valence-corrected chi connectivity index (χ3v) is 3.27. The Hall–Kier alpha value is -0.590. The molecule has 0 spiro atoms. The Bertz CT molecular complexity index is 228. The van der Waals surface area contributed by atoms with Gasteiger partial charge < -0.3 is 0 Å². The zero-order chi connectivity index (χ0) is 10.8. The lowest BCUT2D eigenvalue weighted by molar-refractivity contribution is -0.123. The highest BCUT2D eigenvalue weighted by Crippen LogP contribution is 2.38. The molecule has 0 unspecified atom stereocenters. The Morgan fingerprint density at radius 1 is 1.36 bits per heavy atom. The van der Waals surface area contributed by atoms with Crippen molar-refractivity contribution < 1.29 is 4.79 Å². The Morgan fingerprint density at radius 3 is 2.29 bits per heavy atom. The molecule has 1 aliphatic rings. The normalized spacial score (nSPS) is 21.9. The summed E-state index contributed by atoms with van der Waals surface area (Å²) in [6.07, 6.45) is 5.14. The molecule has 0 aromatic heterocycles. The van der Waals surface area contributed by atoms with Crippen molar-refractivity contribution in [3.05, 3.63) is 12.2 Å². The van der Waals surface area contributed by atoms with Gasteiger partial charge >= 0.3 is 0 Å². The SMILES string of the molecule is C=C(C)CC(=O)C1CCC(C)(C)CC1. The summed E-state index contributed by atoms with van der Waals surface area (Å²) in [7, 11) is 0. The summed E-state index contributed by atoms with van der Waals surface area (Å²) in [6.45, 7) is 10.3. The molecule has 0 atom stereocenters. The minimum Gasteiger partial charge on any atom is -0.299 e. The number of hydrogen-bond acceptors (Lipinski definition) is 1. The molecule has 1 saturated carbocycles. The summed E-state index contributed by atoms with van der Waals surface area (Å²) >= 11 is 0. The van der Waals surface area contributed by atoms with Gasteiger partial charge in [0, 0.05) is 12.3 Å². The monoisotopic (exact) mass is 194 g/mol. The van der Waals surface area contributed by atoms with Gasteiger partial charge in [-0.3, -0.25) is 4.79 Å². The highest BCUT2D eigenvalue weighted by molar-refractivity contribution is 5.83. The van der Waals surface area contributed by atoms with Gasteiger partial charge in [-0.15, -0.1) is 0 Å². The molecule has 1 rings (SSSR count). The molecule has 1 heteroatoms. The van der Waals surface area contributed by atoms with E-state index in [9.17, 15) is 4.79 Å². The Morgan fingerprint density at radius 2 is 1.86 bits per heavy atom. The first-order valence-corrected chi connectivity index (χ1v) is 5.58. The molecule has 0 saturated heterocycles. The molecule has 0 aromatic carbocycles. The van der Waals surface area contributed by atoms with Crippen molar-refractivity contribution in [3.63, 3.8) is 0 Å². The van der Waals surface area contributed by atoms with Crippen molar-refractivity contribution in [1.82, 2.24) is 0 Å². The van der Waals surface area contributed by atoms with Crippen LogP contribution in [0.2, 0.25) is 0 Å². The van der Waals surface area contributed by atoms with E-state index in [4.69, 9.17) is 0 Å². The molecule has 0 bridgehead atoms. The topological polar surface area (TPSA) is 17.1 Å². The lowest BCUT2D eigenvalue weighted by Gasteiger charge is -2.33. The van der Waals surface area contributed by atoms with E-state index in [1.54, 1.807) is 0 Å². The number of allylic oxidation sites excluding steroid dienone is 1. The summed E-state index contributed by atoms with van der Waals surface area (Å²) in [6, 6.07) is 0. The van der Waals surface area contributed by atoms with E-state index < -0.39 is 0 Å². The molecule has 0 amide bonds. The summed E-state index contributed by atoms with van der Waals surface area (Å²) in [5.41, 5.74) is 1.46. The number of rotatable bonds is 3. The van der Waals surface area contributed by atoms with Crippen LogP contribution in [0.4, 0.5) is 0 Å². The second-order valence-corrected chi connectivity index (χ2v) is 5.54. The molecule has 1 aliphatic carbocycles. The minimum absolute atomic E-state index is 0.319. The molecule has 14 heavy (non-hydrogen) atoms. The van der Waals surface area contributed by atoms with E-state index in [0.29, 0.717) is 23.5 Å². The maximum Gasteiger partial charge on any atom is 0.139 e. The highest BCUT2D eigenvalue weighted by Gasteiger charge is 2.29. The lowest BCUT2D eigenvalue weighted by atomic mass is 9.71. The molecule has 1 fully saturated rings. The number of carbonyl (C=O) groups excluding carboxylic acids is 1. The van der Waals surface area contributed by atoms with Crippen LogP contribution < -0.4 is 0 Å². The summed E-state index contributed by atoms with van der Waals surface area (Å²) in [5, 5.41) is 0. The zero-order valence-electron chi connectivity index (χ0n) is 9.73. The molecule has 1 nitrogen and oxygen atoms in total. The second-order valence-electron chi connectivity index (χ2n) is 5.54. The summed E-state index contributed by atoms with van der Waals surface area (Å²) in [4.78, 5) is 11.8. The lowest BCUT2D eigenvalue weighted by Crippen LogP contribution is -2.26. The third kappa shape index (κ3) is 3.28. The molecule has 0 radical (unpaired) electrons. The largest absolute Gasteiger partial charge is 0.299 e. The quantitative estimate of drug-likeness (QED) is 0.625. The van der Waals surface area contributed by atoms with Crippen molar-refractivity contribution in [2.24, 2.45) is 11.3 Å². The average Bonchev–Trinajstić information content (AvgIpc) is 2.02. The van der Waals surface area contributed by atoms with Crippen molar-refractivity contribution in [3.8, 4) is 0 Å². The maximum absolute atomic E-state index is 11.8. The fourth-order valence-corrected chi connectivity index (χ4v) is 2.16. The minimum atomic E-state index is 0.319. The first-order valence-electron chi connectivity index (χ1n) is 5.58. The van der Waals surface area contributed by atoms with Gasteiger partial charge in [-0.2, -0.15) is 0 Å². The van der Waals surface area contributed by atoms with E-state index in [0.717, 1.165) is 18.4 Å². The van der Waals surface area contributed by atoms with E-state index >= 15 is 0 Å². The van der Waals surface area contributed by atoms with Crippen LogP contribution in [0.15, 0.2) is 12.2 Å². The highest BCUT2D eigenvalue weighted by atomic mass is 16.1. The molecule has 80 valence electrons. The van der Waals surface area contributed by atoms with Gasteiger partial charge in [0.2, 0.25) is 0 Å². The van der Waals surface area contributed by atoms with Crippen LogP contribution in [0.25, 0.3) is 0 Å². The van der Waals surface area contributed by atoms with Crippen molar-refractivity contribution >= 4 is 5.78 Å². The molecule has 0 aromatic rings. The van der Waals surface area contributed by atoms with Gasteiger partial charge in [-0.1, -0.05) is 26.0 Å². The summed E-state index contributed by atoms with van der Waals surface area (Å²) in [5.74, 6) is 0.729. The Balaban J connectivity index is 2.42. The van der Waals surface area contributed by atoms with E-state index in [1.807, 2.05) is 6.92 Å². The number of hydrogen-bond donors (Lipinski definition) is 0. The number of ketones is 1. The van der Waals surface area contributed by atoms with Crippen LogP contribution in [-0.2, 0) is 4.79 Å². The van der Waals surface area contributed by atoms with Crippen LogP contribution in [0, 0.1) is 11.3 Å². The van der Waals surface area contributed by atoms with E-state index in [1.165, 1.54) is 12.8 Å². The first kappa shape index (κ1) is 11.5. The first-order chi connectivity index (χ1) is 6.41. The smallest absolute Gasteiger partial charge is 0.139 e. The summed E-state index contributed by atoms with van der Waals surface area (Å²) < 4.78 is 0. The standard InChI is InChI=1S/C13H22O/c1-10(2)9-12(14)11-5-7-13(3,4)8-6-11/h11H,1,5-9H2,2-4H3. The van der Waals surface area contributed by atoms with Crippen LogP contribution in [0.3, 0.4) is 0 Å². The van der Waals surface area contributed by atoms with Crippen LogP contribution in [0.5, 0.6) is 0 Å². The molecule has 0 aliphatic heterocycles. The van der Waals surface area contributed by atoms with Gasteiger partial charge in [0.1, 0.15) is 5.78 Å². The van der Waals surface area contributed by atoms with E-state index in [-0.39, 0.29) is 0 Å². The fraction of sp³-hybridized carbons (Fsp3) is 0.769. The van der Waals surface area contributed by atoms with Crippen LogP contribution in [0.1, 0.15) is 52.9 Å². The van der Waals surface area contributed by atoms with Crippen molar-refractivity contribution in [1.29, 1.82) is 0 Å². The number of Topliss-reactive ketones (excluding diaryl/α,β-unsaturated/α-hetero) is 1. The van der Waals surface area contributed by atoms with Gasteiger partial charge in [-0.25, -0.2) is 0 Å². The molecular weight excluding hydrogens is 172 g/mol. The molecule has 0 N–H and O–H groups in total. The van der Waals surface area contributed by atoms with Gasteiger partial charge in [0.15, 0.2) is 0 Å². The van der Waals surface area contributed by atoms with Crippen molar-refractivity contribution in [2.45, 2.75) is 52.9 Å². The van der Waals surface area contributed by atoms with Crippen LogP contribution in [-0.4, -0.2) is 5.78 Å². The van der Waals surface area contributed by atoms with E-state index in [2.05, 4.69) is 20.4 Å². The fourth-order valence-electron chi connectivity index (χ4n) is 2.16. The Labute approximate surface area is 87.6 Å². The van der Waals surface area contributed by atoms with Crippen molar-refractivity contribution in [2.75, 3.05) is 0 Å². The van der Waals surface area contributed by atoms with Crippen LogP contribution >= 0.6 is 0 Å². The van der Waals surface area contributed by atoms with Gasteiger partial charge in [-0.05, 0) is 38.0 Å². The third-order valence-electron chi connectivity index (χ3n) is 3.27. The predicted molar refractivity (Wildman–Crippen MR) is 60.2 cm³/mol. The number of carbonyl (C=O) groups is 1. The maximum atomic E-state index is 11.8. The zero-order valence-corrected chi connectivity index (χ0v) is 9.73. The Kier molecular flexibility index (Phi) is 3.52. The molecule has 0 heterocycles. The molecular formula is C13H22O. The van der Waals surface area contributed by atoms with Gasteiger partial charge in [0.05, 0.1) is 0 Å². The predicted octanol–water partition coefficient (Wildman–Crippen LogP) is 3.74. The average molecular weight is 194 g/mol.